The van der Waals surface area contributed by atoms with E-state index < -0.39 is 5.97 Å². The summed E-state index contributed by atoms with van der Waals surface area (Å²) in [4.78, 5) is 28.9. The Morgan fingerprint density at radius 1 is 1.33 bits per heavy atom. The first kappa shape index (κ1) is 16.0. The summed E-state index contributed by atoms with van der Waals surface area (Å²) >= 11 is 11.7. The highest BCUT2D eigenvalue weighted by molar-refractivity contribution is 6.34. The number of carboxylic acids is 1. The van der Waals surface area contributed by atoms with Crippen molar-refractivity contribution in [3.8, 4) is 0 Å². The number of carboxylic acid groups (broad SMARTS) is 1. The first-order valence-corrected chi connectivity index (χ1v) is 7.59. The van der Waals surface area contributed by atoms with E-state index in [9.17, 15) is 9.59 Å². The van der Waals surface area contributed by atoms with Gasteiger partial charge in [0.1, 0.15) is 10.3 Å². The summed E-state index contributed by atoms with van der Waals surface area (Å²) < 4.78 is 0. The lowest BCUT2D eigenvalue weighted by Crippen LogP contribution is -2.44. The van der Waals surface area contributed by atoms with Crippen molar-refractivity contribution in [3.63, 3.8) is 0 Å². The molecule has 1 saturated heterocycles. The van der Waals surface area contributed by atoms with Crippen LogP contribution in [0.3, 0.4) is 0 Å². The van der Waals surface area contributed by atoms with Gasteiger partial charge in [0.2, 0.25) is 0 Å². The number of aromatic nitrogens is 1. The van der Waals surface area contributed by atoms with Gasteiger partial charge in [-0.1, -0.05) is 23.2 Å². The zero-order valence-electron chi connectivity index (χ0n) is 11.4. The predicted molar refractivity (Wildman–Crippen MR) is 79.8 cm³/mol. The van der Waals surface area contributed by atoms with Gasteiger partial charge in [0.15, 0.2) is 0 Å². The minimum Gasteiger partial charge on any atom is -0.481 e. The number of hydrogen-bond acceptors (Lipinski definition) is 3. The van der Waals surface area contributed by atoms with Crippen LogP contribution in [0.4, 0.5) is 0 Å². The number of halogens is 2. The monoisotopic (exact) mass is 330 g/mol. The predicted octanol–water partition coefficient (Wildman–Crippen LogP) is 3.25. The molecule has 1 amide bonds. The normalized spacial score (nSPS) is 18.6. The third-order valence-electron chi connectivity index (χ3n) is 3.62. The first-order chi connectivity index (χ1) is 9.99. The van der Waals surface area contributed by atoms with Crippen LogP contribution in [0.5, 0.6) is 0 Å². The third kappa shape index (κ3) is 4.08. The van der Waals surface area contributed by atoms with Gasteiger partial charge >= 0.3 is 5.97 Å². The van der Waals surface area contributed by atoms with Crippen molar-refractivity contribution in [3.05, 3.63) is 28.0 Å². The summed E-state index contributed by atoms with van der Waals surface area (Å²) in [6.07, 6.45) is 3.24. The maximum Gasteiger partial charge on any atom is 0.303 e. The van der Waals surface area contributed by atoms with Crippen molar-refractivity contribution in [2.24, 2.45) is 0 Å². The van der Waals surface area contributed by atoms with Gasteiger partial charge in [-0.2, -0.15) is 0 Å². The fraction of sp³-hybridized carbons (Fsp3) is 0.500. The van der Waals surface area contributed by atoms with Gasteiger partial charge in [-0.15, -0.1) is 0 Å². The standard InChI is InChI=1S/C14H16Cl2N2O3/c15-11-6-5-10(13(16)17-11)14(21)18-8-2-1-3-9(18)4-7-12(19)20/h5-6,9H,1-4,7-8H2,(H,19,20). The van der Waals surface area contributed by atoms with E-state index in [1.165, 1.54) is 6.07 Å². The number of hydrogen-bond donors (Lipinski definition) is 1. The summed E-state index contributed by atoms with van der Waals surface area (Å²) in [5.74, 6) is -1.06. The lowest BCUT2D eigenvalue weighted by Gasteiger charge is -2.35. The number of piperidine rings is 1. The maximum absolute atomic E-state index is 12.6. The summed E-state index contributed by atoms with van der Waals surface area (Å²) in [5, 5.41) is 9.12. The third-order valence-corrected chi connectivity index (χ3v) is 4.12. The van der Waals surface area contributed by atoms with E-state index in [2.05, 4.69) is 4.98 Å². The lowest BCUT2D eigenvalue weighted by atomic mass is 9.97. The highest BCUT2D eigenvalue weighted by atomic mass is 35.5. The van der Waals surface area contributed by atoms with Gasteiger partial charge in [-0.3, -0.25) is 9.59 Å². The van der Waals surface area contributed by atoms with Gasteiger partial charge in [0.25, 0.3) is 5.91 Å². The summed E-state index contributed by atoms with van der Waals surface area (Å²) in [6, 6.07) is 3.02. The second-order valence-electron chi connectivity index (χ2n) is 5.05. The summed E-state index contributed by atoms with van der Waals surface area (Å²) in [5.41, 5.74) is 0.309. The zero-order chi connectivity index (χ0) is 15.4. The van der Waals surface area contributed by atoms with Gasteiger partial charge in [0, 0.05) is 19.0 Å². The second-order valence-corrected chi connectivity index (χ2v) is 5.80. The van der Waals surface area contributed by atoms with Crippen LogP contribution in [-0.4, -0.2) is 39.5 Å². The van der Waals surface area contributed by atoms with E-state index in [1.54, 1.807) is 11.0 Å². The maximum atomic E-state index is 12.6. The highest BCUT2D eigenvalue weighted by Crippen LogP contribution is 2.25. The van der Waals surface area contributed by atoms with E-state index in [-0.39, 0.29) is 28.7 Å². The lowest BCUT2D eigenvalue weighted by molar-refractivity contribution is -0.137. The van der Waals surface area contributed by atoms with Crippen LogP contribution >= 0.6 is 23.2 Å². The molecule has 1 N–H and O–H groups in total. The van der Waals surface area contributed by atoms with E-state index in [0.717, 1.165) is 19.3 Å². The molecule has 2 heterocycles. The van der Waals surface area contributed by atoms with Crippen LogP contribution in [0.15, 0.2) is 12.1 Å². The van der Waals surface area contributed by atoms with Gasteiger partial charge in [-0.05, 0) is 37.8 Å². The van der Waals surface area contributed by atoms with E-state index in [4.69, 9.17) is 28.3 Å². The molecule has 0 saturated carbocycles. The largest absolute Gasteiger partial charge is 0.481 e. The Bertz CT molecular complexity index is 551. The number of pyridine rings is 1. The van der Waals surface area contributed by atoms with Crippen LogP contribution in [0, 0.1) is 0 Å². The van der Waals surface area contributed by atoms with Crippen LogP contribution in [-0.2, 0) is 4.79 Å². The molecule has 114 valence electrons. The SMILES string of the molecule is O=C(O)CCC1CCCCN1C(=O)c1ccc(Cl)nc1Cl. The number of carbonyl (C=O) groups excluding carboxylic acids is 1. The zero-order valence-corrected chi connectivity index (χ0v) is 12.9. The fourth-order valence-corrected chi connectivity index (χ4v) is 3.01. The van der Waals surface area contributed by atoms with Gasteiger partial charge < -0.3 is 10.0 Å². The molecular weight excluding hydrogens is 315 g/mol. The van der Waals surface area contributed by atoms with Crippen molar-refractivity contribution in [2.45, 2.75) is 38.1 Å². The molecule has 1 fully saturated rings. The fourth-order valence-electron chi connectivity index (χ4n) is 2.58. The van der Waals surface area contributed by atoms with Crippen molar-refractivity contribution >= 4 is 35.1 Å². The molecule has 1 aromatic heterocycles. The molecule has 1 aliphatic heterocycles. The molecule has 5 nitrogen and oxygen atoms in total. The van der Waals surface area contributed by atoms with Gasteiger partial charge in [-0.25, -0.2) is 4.98 Å². The minimum atomic E-state index is -0.848. The molecular formula is C14H16Cl2N2O3. The van der Waals surface area contributed by atoms with Crippen molar-refractivity contribution < 1.29 is 14.7 Å². The Balaban J connectivity index is 2.16. The van der Waals surface area contributed by atoms with Crippen LogP contribution < -0.4 is 0 Å². The number of amides is 1. The molecule has 0 aromatic carbocycles. The van der Waals surface area contributed by atoms with Crippen molar-refractivity contribution in [1.82, 2.24) is 9.88 Å². The smallest absolute Gasteiger partial charge is 0.303 e. The van der Waals surface area contributed by atoms with E-state index in [1.807, 2.05) is 0 Å². The van der Waals surface area contributed by atoms with Gasteiger partial charge in [0.05, 0.1) is 5.56 Å². The van der Waals surface area contributed by atoms with Crippen molar-refractivity contribution in [1.29, 1.82) is 0 Å². The number of carbonyl (C=O) groups is 2. The van der Waals surface area contributed by atoms with Crippen LogP contribution in [0.25, 0.3) is 0 Å². The average molecular weight is 331 g/mol. The molecule has 0 bridgehead atoms. The highest BCUT2D eigenvalue weighted by Gasteiger charge is 2.29. The molecule has 1 aromatic rings. The minimum absolute atomic E-state index is 0.0566. The number of aliphatic carboxylic acids is 1. The summed E-state index contributed by atoms with van der Waals surface area (Å²) in [7, 11) is 0. The van der Waals surface area contributed by atoms with Crippen LogP contribution in [0.1, 0.15) is 42.5 Å². The molecule has 1 unspecified atom stereocenters. The molecule has 0 aliphatic carbocycles. The number of nitrogens with zero attached hydrogens (tertiary/aromatic N) is 2. The average Bonchev–Trinajstić information content (AvgIpc) is 2.45. The topological polar surface area (TPSA) is 70.5 Å². The molecule has 0 radical (unpaired) electrons. The molecule has 7 heteroatoms. The van der Waals surface area contributed by atoms with E-state index >= 15 is 0 Å². The first-order valence-electron chi connectivity index (χ1n) is 6.84. The molecule has 0 spiro atoms. The number of likely N-dealkylation sites (tertiary alicyclic amines) is 1. The quantitative estimate of drug-likeness (QED) is 0.860. The number of rotatable bonds is 4. The van der Waals surface area contributed by atoms with Crippen LogP contribution in [0.2, 0.25) is 10.3 Å². The Morgan fingerprint density at radius 2 is 2.10 bits per heavy atom. The Morgan fingerprint density at radius 3 is 2.76 bits per heavy atom. The molecule has 21 heavy (non-hydrogen) atoms. The van der Waals surface area contributed by atoms with E-state index in [0.29, 0.717) is 18.5 Å². The van der Waals surface area contributed by atoms with Crippen molar-refractivity contribution in [2.75, 3.05) is 6.54 Å². The Hall–Kier alpha value is -1.33. The Labute approximate surface area is 132 Å². The molecule has 1 atom stereocenters. The molecule has 2 rings (SSSR count). The molecule has 1 aliphatic rings. The summed E-state index contributed by atoms with van der Waals surface area (Å²) in [6.45, 7) is 0.613. The Kier molecular flexibility index (Phi) is 5.42. The second kappa shape index (κ2) is 7.09.